The number of urea groups is 1. The summed E-state index contributed by atoms with van der Waals surface area (Å²) in [5, 5.41) is 15.5. The zero-order chi connectivity index (χ0) is 15.4. The van der Waals surface area contributed by atoms with Crippen LogP contribution in [0.2, 0.25) is 5.02 Å². The van der Waals surface area contributed by atoms with Crippen molar-refractivity contribution in [3.8, 4) is 0 Å². The summed E-state index contributed by atoms with van der Waals surface area (Å²) in [7, 11) is 0. The largest absolute Gasteiger partial charge is 0.389 e. The molecule has 0 aliphatic heterocycles. The molecule has 0 aromatic heterocycles. The van der Waals surface area contributed by atoms with Gasteiger partial charge in [-0.2, -0.15) is 0 Å². The Balaban J connectivity index is 2.03. The summed E-state index contributed by atoms with van der Waals surface area (Å²) in [5.74, 6) is 0. The summed E-state index contributed by atoms with van der Waals surface area (Å²) < 4.78 is 0. The molecule has 2 rings (SSSR count). The molecular weight excluding hydrogens is 288 g/mol. The third-order valence-electron chi connectivity index (χ3n) is 3.17. The van der Waals surface area contributed by atoms with E-state index in [0.717, 1.165) is 11.1 Å². The Kier molecular flexibility index (Phi) is 4.83. The van der Waals surface area contributed by atoms with Crippen LogP contribution in [0.15, 0.2) is 42.5 Å². The normalized spacial score (nSPS) is 11.8. The molecule has 0 heterocycles. The number of anilines is 2. The van der Waals surface area contributed by atoms with Crippen molar-refractivity contribution in [2.45, 2.75) is 20.0 Å². The van der Waals surface area contributed by atoms with Crippen LogP contribution in [0.1, 0.15) is 24.2 Å². The van der Waals surface area contributed by atoms with Crippen molar-refractivity contribution in [2.24, 2.45) is 0 Å². The van der Waals surface area contributed by atoms with Crippen LogP contribution in [0.5, 0.6) is 0 Å². The predicted molar refractivity (Wildman–Crippen MR) is 85.9 cm³/mol. The number of carbonyl (C=O) groups excluding carboxylic acids is 1. The molecule has 2 aromatic carbocycles. The smallest absolute Gasteiger partial charge is 0.323 e. The van der Waals surface area contributed by atoms with Crippen LogP contribution in [-0.2, 0) is 0 Å². The summed E-state index contributed by atoms with van der Waals surface area (Å²) in [6, 6.07) is 12.0. The minimum Gasteiger partial charge on any atom is -0.389 e. The molecule has 3 N–H and O–H groups in total. The van der Waals surface area contributed by atoms with Crippen LogP contribution in [0.25, 0.3) is 0 Å². The molecule has 0 radical (unpaired) electrons. The maximum absolute atomic E-state index is 11.9. The second kappa shape index (κ2) is 6.61. The Labute approximate surface area is 128 Å². The maximum atomic E-state index is 11.9. The fourth-order valence-electron chi connectivity index (χ4n) is 1.87. The van der Waals surface area contributed by atoms with Gasteiger partial charge < -0.3 is 15.7 Å². The van der Waals surface area contributed by atoms with Gasteiger partial charge in [0.05, 0.1) is 6.10 Å². The van der Waals surface area contributed by atoms with Crippen LogP contribution < -0.4 is 10.6 Å². The van der Waals surface area contributed by atoms with Crippen molar-refractivity contribution < 1.29 is 9.90 Å². The molecular formula is C16H17ClN2O2. The van der Waals surface area contributed by atoms with Gasteiger partial charge in [0.2, 0.25) is 0 Å². The lowest BCUT2D eigenvalue weighted by molar-refractivity contribution is 0.199. The van der Waals surface area contributed by atoms with Crippen molar-refractivity contribution >= 4 is 29.0 Å². The standard InChI is InChI=1S/C16H17ClN2O2/c1-10-14(17)4-3-5-15(10)19-16(21)18-13-8-6-12(7-9-13)11(2)20/h3-9,11,20H,1-2H3,(H2,18,19,21). The summed E-state index contributed by atoms with van der Waals surface area (Å²) in [6.45, 7) is 3.53. The SMILES string of the molecule is Cc1c(Cl)cccc1NC(=O)Nc1ccc(C(C)O)cc1. The van der Waals surface area contributed by atoms with Crippen molar-refractivity contribution in [1.82, 2.24) is 0 Å². The number of hydrogen-bond donors (Lipinski definition) is 3. The second-order valence-corrected chi connectivity index (χ2v) is 5.20. The molecule has 1 atom stereocenters. The summed E-state index contributed by atoms with van der Waals surface area (Å²) >= 11 is 6.01. The Bertz CT molecular complexity index is 639. The molecule has 0 fully saturated rings. The van der Waals surface area contributed by atoms with Crippen LogP contribution in [-0.4, -0.2) is 11.1 Å². The van der Waals surface area contributed by atoms with Gasteiger partial charge in [-0.25, -0.2) is 4.79 Å². The number of halogens is 1. The Morgan fingerprint density at radius 2 is 1.81 bits per heavy atom. The average Bonchev–Trinajstić information content (AvgIpc) is 2.44. The topological polar surface area (TPSA) is 61.4 Å². The lowest BCUT2D eigenvalue weighted by Gasteiger charge is -2.11. The lowest BCUT2D eigenvalue weighted by atomic mass is 10.1. The molecule has 5 heteroatoms. The second-order valence-electron chi connectivity index (χ2n) is 4.79. The molecule has 0 bridgehead atoms. The highest BCUT2D eigenvalue weighted by molar-refractivity contribution is 6.31. The number of aliphatic hydroxyl groups excluding tert-OH is 1. The van der Waals surface area contributed by atoms with E-state index in [1.807, 2.05) is 6.92 Å². The molecule has 0 aliphatic carbocycles. The molecule has 0 saturated carbocycles. The van der Waals surface area contributed by atoms with Gasteiger partial charge in [0.25, 0.3) is 0 Å². The van der Waals surface area contributed by atoms with Gasteiger partial charge in [0.1, 0.15) is 0 Å². The number of rotatable bonds is 3. The van der Waals surface area contributed by atoms with Gasteiger partial charge in [-0.3, -0.25) is 0 Å². The van der Waals surface area contributed by atoms with Gasteiger partial charge in [-0.05, 0) is 49.2 Å². The van der Waals surface area contributed by atoms with Crippen LogP contribution >= 0.6 is 11.6 Å². The third kappa shape index (κ3) is 3.97. The van der Waals surface area contributed by atoms with Crippen molar-refractivity contribution in [3.63, 3.8) is 0 Å². The first kappa shape index (κ1) is 15.4. The number of amides is 2. The lowest BCUT2D eigenvalue weighted by Crippen LogP contribution is -2.20. The van der Waals surface area contributed by atoms with Crippen LogP contribution in [0.3, 0.4) is 0 Å². The zero-order valence-electron chi connectivity index (χ0n) is 11.9. The van der Waals surface area contributed by atoms with Gasteiger partial charge in [0, 0.05) is 16.4 Å². The molecule has 2 aromatic rings. The van der Waals surface area contributed by atoms with E-state index in [4.69, 9.17) is 11.6 Å². The van der Waals surface area contributed by atoms with Gasteiger partial charge in [-0.1, -0.05) is 29.8 Å². The highest BCUT2D eigenvalue weighted by Gasteiger charge is 2.07. The van der Waals surface area contributed by atoms with E-state index in [0.29, 0.717) is 16.4 Å². The molecule has 2 amide bonds. The number of benzene rings is 2. The van der Waals surface area contributed by atoms with Crippen molar-refractivity contribution in [2.75, 3.05) is 10.6 Å². The first-order valence-electron chi connectivity index (χ1n) is 6.58. The zero-order valence-corrected chi connectivity index (χ0v) is 12.6. The molecule has 0 saturated heterocycles. The number of carbonyl (C=O) groups is 1. The third-order valence-corrected chi connectivity index (χ3v) is 3.58. The summed E-state index contributed by atoms with van der Waals surface area (Å²) in [6.07, 6.45) is -0.526. The highest BCUT2D eigenvalue weighted by atomic mass is 35.5. The molecule has 4 nitrogen and oxygen atoms in total. The van der Waals surface area contributed by atoms with E-state index >= 15 is 0 Å². The average molecular weight is 305 g/mol. The molecule has 0 spiro atoms. The summed E-state index contributed by atoms with van der Waals surface area (Å²) in [4.78, 5) is 11.9. The molecule has 110 valence electrons. The van der Waals surface area contributed by atoms with E-state index in [-0.39, 0.29) is 6.03 Å². The summed E-state index contributed by atoms with van der Waals surface area (Å²) in [5.41, 5.74) is 2.93. The molecule has 0 aliphatic rings. The minimum absolute atomic E-state index is 0.342. The Morgan fingerprint density at radius 3 is 2.43 bits per heavy atom. The van der Waals surface area contributed by atoms with E-state index in [1.165, 1.54) is 0 Å². The molecule has 1 unspecified atom stereocenters. The first-order valence-corrected chi connectivity index (χ1v) is 6.96. The minimum atomic E-state index is -0.526. The number of nitrogens with one attached hydrogen (secondary N) is 2. The number of hydrogen-bond acceptors (Lipinski definition) is 2. The monoisotopic (exact) mass is 304 g/mol. The fraction of sp³-hybridized carbons (Fsp3) is 0.188. The van der Waals surface area contributed by atoms with Crippen molar-refractivity contribution in [3.05, 3.63) is 58.6 Å². The van der Waals surface area contributed by atoms with Crippen LogP contribution in [0, 0.1) is 6.92 Å². The van der Waals surface area contributed by atoms with E-state index in [9.17, 15) is 9.90 Å². The van der Waals surface area contributed by atoms with E-state index in [1.54, 1.807) is 49.4 Å². The van der Waals surface area contributed by atoms with E-state index < -0.39 is 6.10 Å². The predicted octanol–water partition coefficient (Wildman–Crippen LogP) is 4.35. The first-order chi connectivity index (χ1) is 9.97. The Hall–Kier alpha value is -2.04. The Morgan fingerprint density at radius 1 is 1.14 bits per heavy atom. The highest BCUT2D eigenvalue weighted by Crippen LogP contribution is 2.23. The number of aliphatic hydroxyl groups is 1. The fourth-order valence-corrected chi connectivity index (χ4v) is 2.05. The van der Waals surface area contributed by atoms with Crippen LogP contribution in [0.4, 0.5) is 16.2 Å². The van der Waals surface area contributed by atoms with Gasteiger partial charge in [-0.15, -0.1) is 0 Å². The maximum Gasteiger partial charge on any atom is 0.323 e. The van der Waals surface area contributed by atoms with Crippen molar-refractivity contribution in [1.29, 1.82) is 0 Å². The van der Waals surface area contributed by atoms with E-state index in [2.05, 4.69) is 10.6 Å². The van der Waals surface area contributed by atoms with Gasteiger partial charge in [0.15, 0.2) is 0 Å². The molecule has 21 heavy (non-hydrogen) atoms. The van der Waals surface area contributed by atoms with Gasteiger partial charge >= 0.3 is 6.03 Å². The quantitative estimate of drug-likeness (QED) is 0.789.